The standard InChI is InChI=1S/C12H21NO/c13-12(6-2-1-3-7-12)10-8-9-4-5-11(10)14-9/h9-11H,1-8,13H2. The zero-order valence-corrected chi connectivity index (χ0v) is 8.87. The minimum Gasteiger partial charge on any atom is -0.375 e. The van der Waals surface area contributed by atoms with Crippen molar-refractivity contribution in [3.05, 3.63) is 0 Å². The van der Waals surface area contributed by atoms with Crippen LogP contribution in [0.3, 0.4) is 0 Å². The summed E-state index contributed by atoms with van der Waals surface area (Å²) in [6.45, 7) is 0. The van der Waals surface area contributed by atoms with Crippen molar-refractivity contribution in [1.29, 1.82) is 0 Å². The summed E-state index contributed by atoms with van der Waals surface area (Å²) in [6.07, 6.45) is 11.4. The molecule has 0 amide bonds. The van der Waals surface area contributed by atoms with Gasteiger partial charge in [-0.15, -0.1) is 0 Å². The van der Waals surface area contributed by atoms with Crippen molar-refractivity contribution in [2.75, 3.05) is 0 Å². The van der Waals surface area contributed by atoms with Crippen molar-refractivity contribution in [2.45, 2.75) is 69.1 Å². The van der Waals surface area contributed by atoms with Gasteiger partial charge in [0.15, 0.2) is 0 Å². The molecule has 0 spiro atoms. The summed E-state index contributed by atoms with van der Waals surface area (Å²) in [7, 11) is 0. The van der Waals surface area contributed by atoms with Gasteiger partial charge in [-0.25, -0.2) is 0 Å². The Morgan fingerprint density at radius 3 is 2.43 bits per heavy atom. The van der Waals surface area contributed by atoms with Crippen LogP contribution in [0.2, 0.25) is 0 Å². The monoisotopic (exact) mass is 195 g/mol. The molecule has 3 fully saturated rings. The van der Waals surface area contributed by atoms with Crippen LogP contribution in [0.15, 0.2) is 0 Å². The average molecular weight is 195 g/mol. The lowest BCUT2D eigenvalue weighted by Gasteiger charge is -2.41. The maximum atomic E-state index is 6.57. The summed E-state index contributed by atoms with van der Waals surface area (Å²) in [5, 5.41) is 0. The van der Waals surface area contributed by atoms with E-state index < -0.39 is 0 Å². The number of hydrogen-bond donors (Lipinski definition) is 1. The minimum absolute atomic E-state index is 0.137. The van der Waals surface area contributed by atoms with Gasteiger partial charge in [-0.05, 0) is 32.1 Å². The fourth-order valence-electron chi connectivity index (χ4n) is 3.82. The van der Waals surface area contributed by atoms with Crippen LogP contribution in [-0.4, -0.2) is 17.7 Å². The average Bonchev–Trinajstić information content (AvgIpc) is 2.80. The first kappa shape index (κ1) is 9.17. The van der Waals surface area contributed by atoms with E-state index in [4.69, 9.17) is 10.5 Å². The molecule has 2 saturated heterocycles. The van der Waals surface area contributed by atoms with Gasteiger partial charge in [-0.1, -0.05) is 19.3 Å². The van der Waals surface area contributed by atoms with Crippen molar-refractivity contribution >= 4 is 0 Å². The first-order valence-electron chi connectivity index (χ1n) is 6.22. The Bertz CT molecular complexity index is 222. The minimum atomic E-state index is 0.137. The Hall–Kier alpha value is -0.0800. The molecule has 0 aromatic rings. The van der Waals surface area contributed by atoms with Crippen LogP contribution in [0.25, 0.3) is 0 Å². The van der Waals surface area contributed by atoms with Crippen molar-refractivity contribution in [1.82, 2.24) is 0 Å². The third-order valence-electron chi connectivity index (χ3n) is 4.63. The molecule has 2 bridgehead atoms. The van der Waals surface area contributed by atoms with E-state index >= 15 is 0 Å². The van der Waals surface area contributed by atoms with Gasteiger partial charge in [0, 0.05) is 11.5 Å². The smallest absolute Gasteiger partial charge is 0.0626 e. The van der Waals surface area contributed by atoms with Gasteiger partial charge in [0.25, 0.3) is 0 Å². The zero-order valence-electron chi connectivity index (χ0n) is 8.87. The fourth-order valence-corrected chi connectivity index (χ4v) is 3.82. The molecular formula is C12H21NO. The summed E-state index contributed by atoms with van der Waals surface area (Å²) in [6, 6.07) is 0. The Morgan fingerprint density at radius 1 is 1.07 bits per heavy atom. The summed E-state index contributed by atoms with van der Waals surface area (Å²) in [5.41, 5.74) is 6.71. The number of fused-ring (bicyclic) bond motifs is 2. The van der Waals surface area contributed by atoms with Crippen LogP contribution in [0.1, 0.15) is 51.4 Å². The van der Waals surface area contributed by atoms with E-state index in [9.17, 15) is 0 Å². The summed E-state index contributed by atoms with van der Waals surface area (Å²) < 4.78 is 5.92. The Morgan fingerprint density at radius 2 is 1.86 bits per heavy atom. The van der Waals surface area contributed by atoms with Crippen LogP contribution in [0, 0.1) is 5.92 Å². The normalized spacial score (nSPS) is 45.6. The van der Waals surface area contributed by atoms with Crippen molar-refractivity contribution in [3.8, 4) is 0 Å². The molecule has 2 N–H and O–H groups in total. The summed E-state index contributed by atoms with van der Waals surface area (Å²) in [4.78, 5) is 0. The SMILES string of the molecule is NC1(C2CC3CCC2O3)CCCCC1. The van der Waals surface area contributed by atoms with Gasteiger partial charge in [0.1, 0.15) is 0 Å². The van der Waals surface area contributed by atoms with Crippen LogP contribution < -0.4 is 5.73 Å². The van der Waals surface area contributed by atoms with Gasteiger partial charge in [0.05, 0.1) is 12.2 Å². The van der Waals surface area contributed by atoms with E-state index in [0.717, 1.165) is 0 Å². The summed E-state index contributed by atoms with van der Waals surface area (Å²) >= 11 is 0. The molecule has 80 valence electrons. The maximum absolute atomic E-state index is 6.57. The second-order valence-electron chi connectivity index (χ2n) is 5.51. The highest BCUT2D eigenvalue weighted by atomic mass is 16.5. The topological polar surface area (TPSA) is 35.2 Å². The second-order valence-corrected chi connectivity index (χ2v) is 5.51. The van der Waals surface area contributed by atoms with E-state index in [1.165, 1.54) is 51.4 Å². The molecule has 0 radical (unpaired) electrons. The van der Waals surface area contributed by atoms with E-state index in [1.54, 1.807) is 0 Å². The number of nitrogens with two attached hydrogens (primary N) is 1. The second kappa shape index (κ2) is 3.21. The number of hydrogen-bond acceptors (Lipinski definition) is 2. The first-order chi connectivity index (χ1) is 6.78. The molecule has 1 saturated carbocycles. The highest BCUT2D eigenvalue weighted by Gasteiger charge is 2.49. The van der Waals surface area contributed by atoms with E-state index in [-0.39, 0.29) is 5.54 Å². The van der Waals surface area contributed by atoms with Crippen molar-refractivity contribution < 1.29 is 4.74 Å². The van der Waals surface area contributed by atoms with E-state index in [0.29, 0.717) is 18.1 Å². The molecule has 1 aliphatic carbocycles. The predicted molar refractivity (Wildman–Crippen MR) is 56.0 cm³/mol. The molecule has 3 rings (SSSR count). The van der Waals surface area contributed by atoms with Crippen LogP contribution in [0.5, 0.6) is 0 Å². The lowest BCUT2D eigenvalue weighted by atomic mass is 9.68. The lowest BCUT2D eigenvalue weighted by Crippen LogP contribution is -2.51. The predicted octanol–water partition coefficient (Wildman–Crippen LogP) is 2.22. The Kier molecular flexibility index (Phi) is 2.10. The van der Waals surface area contributed by atoms with Crippen LogP contribution in [-0.2, 0) is 4.74 Å². The van der Waals surface area contributed by atoms with Crippen molar-refractivity contribution in [3.63, 3.8) is 0 Å². The number of rotatable bonds is 1. The molecule has 2 nitrogen and oxygen atoms in total. The molecule has 0 aromatic carbocycles. The van der Waals surface area contributed by atoms with Gasteiger partial charge in [-0.3, -0.25) is 0 Å². The molecule has 2 aliphatic heterocycles. The first-order valence-corrected chi connectivity index (χ1v) is 6.22. The molecule has 2 heteroatoms. The quantitative estimate of drug-likeness (QED) is 0.696. The summed E-state index contributed by atoms with van der Waals surface area (Å²) in [5.74, 6) is 0.682. The van der Waals surface area contributed by atoms with Crippen molar-refractivity contribution in [2.24, 2.45) is 11.7 Å². The van der Waals surface area contributed by atoms with Gasteiger partial charge in [-0.2, -0.15) is 0 Å². The fraction of sp³-hybridized carbons (Fsp3) is 1.00. The Labute approximate surface area is 86.2 Å². The third kappa shape index (κ3) is 1.31. The lowest BCUT2D eigenvalue weighted by molar-refractivity contribution is 0.0666. The van der Waals surface area contributed by atoms with Gasteiger partial charge in [0.2, 0.25) is 0 Å². The van der Waals surface area contributed by atoms with Crippen LogP contribution >= 0.6 is 0 Å². The molecule has 0 aromatic heterocycles. The zero-order chi connectivity index (χ0) is 9.60. The van der Waals surface area contributed by atoms with Gasteiger partial charge >= 0.3 is 0 Å². The van der Waals surface area contributed by atoms with E-state index in [2.05, 4.69) is 0 Å². The largest absolute Gasteiger partial charge is 0.375 e. The maximum Gasteiger partial charge on any atom is 0.0626 e. The molecule has 3 atom stereocenters. The molecule has 14 heavy (non-hydrogen) atoms. The molecule has 3 unspecified atom stereocenters. The van der Waals surface area contributed by atoms with E-state index in [1.807, 2.05) is 0 Å². The van der Waals surface area contributed by atoms with Gasteiger partial charge < -0.3 is 10.5 Å². The molecule has 3 aliphatic rings. The Balaban J connectivity index is 1.74. The highest BCUT2D eigenvalue weighted by molar-refractivity contribution is 5.03. The molecular weight excluding hydrogens is 174 g/mol. The third-order valence-corrected chi connectivity index (χ3v) is 4.63. The highest BCUT2D eigenvalue weighted by Crippen LogP contribution is 2.47. The molecule has 2 heterocycles. The number of ether oxygens (including phenoxy) is 1. The van der Waals surface area contributed by atoms with Crippen LogP contribution in [0.4, 0.5) is 0 Å².